The summed E-state index contributed by atoms with van der Waals surface area (Å²) < 4.78 is 0. The van der Waals surface area contributed by atoms with Crippen molar-refractivity contribution in [1.29, 1.82) is 0 Å². The van der Waals surface area contributed by atoms with Gasteiger partial charge in [0.15, 0.2) is 0 Å². The second-order valence-corrected chi connectivity index (χ2v) is 1.84. The highest BCUT2D eigenvalue weighted by Gasteiger charge is 1.83. The van der Waals surface area contributed by atoms with Crippen molar-refractivity contribution >= 4 is 0 Å². The summed E-state index contributed by atoms with van der Waals surface area (Å²) in [7, 11) is 0. The zero-order valence-corrected chi connectivity index (χ0v) is 6.76. The number of hydrogen-bond donors (Lipinski definition) is 1. The van der Waals surface area contributed by atoms with Crippen LogP contribution in [0.5, 0.6) is 5.75 Å². The fraction of sp³-hybridized carbons (Fsp3) is 0.333. The molecule has 0 aliphatic carbocycles. The highest BCUT2D eigenvalue weighted by molar-refractivity contribution is 5.25. The summed E-state index contributed by atoms with van der Waals surface area (Å²) in [5.41, 5.74) is 1.09. The minimum Gasteiger partial charge on any atom is -0.508 e. The van der Waals surface area contributed by atoms with Crippen molar-refractivity contribution in [2.75, 3.05) is 0 Å². The predicted octanol–water partition coefficient (Wildman–Crippen LogP) is 2.73. The molecule has 1 nitrogen and oxygen atoms in total. The molecule has 56 valence electrons. The lowest BCUT2D eigenvalue weighted by molar-refractivity contribution is 0.475. The molecule has 0 unspecified atom stereocenters. The van der Waals surface area contributed by atoms with E-state index in [1.807, 2.05) is 32.9 Å². The number of aryl methyl sites for hydroxylation is 1. The fourth-order valence-electron chi connectivity index (χ4n) is 0.628. The first kappa shape index (κ1) is 9.02. The van der Waals surface area contributed by atoms with Crippen LogP contribution >= 0.6 is 0 Å². The Balaban J connectivity index is 0.000000371. The Morgan fingerprint density at radius 3 is 2.10 bits per heavy atom. The van der Waals surface area contributed by atoms with Gasteiger partial charge in [-0.3, -0.25) is 0 Å². The van der Waals surface area contributed by atoms with Gasteiger partial charge < -0.3 is 5.11 Å². The number of rotatable bonds is 0. The Morgan fingerprint density at radius 1 is 1.20 bits per heavy atom. The lowest BCUT2D eigenvalue weighted by Crippen LogP contribution is -1.66. The normalized spacial score (nSPS) is 7.90. The molecule has 0 bridgehead atoms. The minimum atomic E-state index is 0.338. The van der Waals surface area contributed by atoms with Crippen LogP contribution in [0, 0.1) is 6.92 Å². The first-order valence-corrected chi connectivity index (χ1v) is 3.54. The maximum atomic E-state index is 8.81. The summed E-state index contributed by atoms with van der Waals surface area (Å²) in [6.07, 6.45) is 0. The molecule has 0 spiro atoms. The van der Waals surface area contributed by atoms with Gasteiger partial charge in [0.25, 0.3) is 0 Å². The van der Waals surface area contributed by atoms with Gasteiger partial charge in [0.2, 0.25) is 0 Å². The fourth-order valence-corrected chi connectivity index (χ4v) is 0.628. The lowest BCUT2D eigenvalue weighted by atomic mass is 10.2. The quantitative estimate of drug-likeness (QED) is 0.584. The second kappa shape index (κ2) is 4.86. The first-order valence-electron chi connectivity index (χ1n) is 3.54. The van der Waals surface area contributed by atoms with Gasteiger partial charge in [-0.1, -0.05) is 26.0 Å². The number of phenols is 1. The molecule has 0 amide bonds. The predicted molar refractivity (Wildman–Crippen MR) is 44.2 cm³/mol. The Kier molecular flexibility index (Phi) is 4.38. The molecular weight excluding hydrogens is 124 g/mol. The van der Waals surface area contributed by atoms with Gasteiger partial charge in [-0.2, -0.15) is 0 Å². The van der Waals surface area contributed by atoms with Crippen LogP contribution in [0.3, 0.4) is 0 Å². The largest absolute Gasteiger partial charge is 0.508 e. The van der Waals surface area contributed by atoms with E-state index in [2.05, 4.69) is 0 Å². The van der Waals surface area contributed by atoms with Crippen molar-refractivity contribution in [2.45, 2.75) is 20.8 Å². The SMILES string of the molecule is CC.Cc1cccc(O)c1. The average molecular weight is 138 g/mol. The second-order valence-electron chi connectivity index (χ2n) is 1.84. The summed E-state index contributed by atoms with van der Waals surface area (Å²) >= 11 is 0. The first-order chi connectivity index (χ1) is 4.79. The van der Waals surface area contributed by atoms with Crippen molar-refractivity contribution in [3.8, 4) is 5.75 Å². The maximum Gasteiger partial charge on any atom is 0.115 e. The van der Waals surface area contributed by atoms with Gasteiger partial charge in [0.05, 0.1) is 0 Å². The van der Waals surface area contributed by atoms with Crippen molar-refractivity contribution in [1.82, 2.24) is 0 Å². The third-order valence-corrected chi connectivity index (χ3v) is 1.00. The summed E-state index contributed by atoms with van der Waals surface area (Å²) in [5, 5.41) is 8.81. The van der Waals surface area contributed by atoms with Crippen LogP contribution in [0.25, 0.3) is 0 Å². The van der Waals surface area contributed by atoms with Crippen LogP contribution in [-0.2, 0) is 0 Å². The third-order valence-electron chi connectivity index (χ3n) is 1.00. The van der Waals surface area contributed by atoms with Crippen molar-refractivity contribution in [3.05, 3.63) is 29.8 Å². The van der Waals surface area contributed by atoms with Gasteiger partial charge in [-0.15, -0.1) is 0 Å². The van der Waals surface area contributed by atoms with E-state index >= 15 is 0 Å². The lowest BCUT2D eigenvalue weighted by Gasteiger charge is -1.89. The van der Waals surface area contributed by atoms with Gasteiger partial charge in [-0.25, -0.2) is 0 Å². The van der Waals surface area contributed by atoms with Gasteiger partial charge in [0.1, 0.15) is 5.75 Å². The molecule has 0 aromatic heterocycles. The molecule has 0 heterocycles. The van der Waals surface area contributed by atoms with Crippen LogP contribution in [-0.4, -0.2) is 5.11 Å². The van der Waals surface area contributed by atoms with E-state index in [1.165, 1.54) is 0 Å². The Morgan fingerprint density at radius 2 is 1.80 bits per heavy atom. The van der Waals surface area contributed by atoms with E-state index in [9.17, 15) is 0 Å². The van der Waals surface area contributed by atoms with Crippen molar-refractivity contribution in [2.24, 2.45) is 0 Å². The summed E-state index contributed by atoms with van der Waals surface area (Å²) in [4.78, 5) is 0. The molecule has 0 aliphatic heterocycles. The number of phenolic OH excluding ortho intramolecular Hbond substituents is 1. The molecule has 1 rings (SSSR count). The smallest absolute Gasteiger partial charge is 0.115 e. The van der Waals surface area contributed by atoms with E-state index in [0.717, 1.165) is 5.56 Å². The Hall–Kier alpha value is -0.980. The van der Waals surface area contributed by atoms with Gasteiger partial charge in [-0.05, 0) is 24.6 Å². The molecule has 0 saturated carbocycles. The highest BCUT2D eigenvalue weighted by Crippen LogP contribution is 2.08. The molecule has 0 fully saturated rings. The molecule has 10 heavy (non-hydrogen) atoms. The monoisotopic (exact) mass is 138 g/mol. The number of benzene rings is 1. The zero-order chi connectivity index (χ0) is 7.98. The molecule has 0 radical (unpaired) electrons. The molecule has 1 aromatic rings. The van der Waals surface area contributed by atoms with E-state index < -0.39 is 0 Å². The number of aromatic hydroxyl groups is 1. The third kappa shape index (κ3) is 3.13. The Labute approximate surface area is 62.3 Å². The summed E-state index contributed by atoms with van der Waals surface area (Å²) in [6, 6.07) is 7.15. The summed E-state index contributed by atoms with van der Waals surface area (Å²) in [6.45, 7) is 5.94. The van der Waals surface area contributed by atoms with Crippen LogP contribution in [0.15, 0.2) is 24.3 Å². The van der Waals surface area contributed by atoms with Crippen molar-refractivity contribution < 1.29 is 5.11 Å². The molecule has 1 heteroatoms. The van der Waals surface area contributed by atoms with E-state index in [4.69, 9.17) is 5.11 Å². The molecular formula is C9H14O. The van der Waals surface area contributed by atoms with E-state index in [0.29, 0.717) is 5.75 Å². The summed E-state index contributed by atoms with van der Waals surface area (Å²) in [5.74, 6) is 0.338. The van der Waals surface area contributed by atoms with Crippen LogP contribution in [0.2, 0.25) is 0 Å². The molecule has 0 atom stereocenters. The van der Waals surface area contributed by atoms with Crippen LogP contribution < -0.4 is 0 Å². The highest BCUT2D eigenvalue weighted by atomic mass is 16.3. The molecule has 0 aliphatic rings. The average Bonchev–Trinajstić information content (AvgIpc) is 1.91. The molecule has 1 aromatic carbocycles. The van der Waals surface area contributed by atoms with Crippen molar-refractivity contribution in [3.63, 3.8) is 0 Å². The van der Waals surface area contributed by atoms with Crippen LogP contribution in [0.1, 0.15) is 19.4 Å². The van der Waals surface area contributed by atoms with E-state index in [1.54, 1.807) is 12.1 Å². The minimum absolute atomic E-state index is 0.338. The topological polar surface area (TPSA) is 20.2 Å². The standard InChI is InChI=1S/C7H8O.C2H6/c1-6-3-2-4-7(8)5-6;1-2/h2-5,8H,1H3;1-2H3. The zero-order valence-electron chi connectivity index (χ0n) is 6.76. The van der Waals surface area contributed by atoms with Gasteiger partial charge >= 0.3 is 0 Å². The van der Waals surface area contributed by atoms with Gasteiger partial charge in [0, 0.05) is 0 Å². The van der Waals surface area contributed by atoms with E-state index in [-0.39, 0.29) is 0 Å². The Bertz CT molecular complexity index is 165. The molecule has 0 saturated heterocycles. The maximum absolute atomic E-state index is 8.81. The van der Waals surface area contributed by atoms with Crippen LogP contribution in [0.4, 0.5) is 0 Å². The molecule has 1 N–H and O–H groups in total. The number of hydrogen-bond acceptors (Lipinski definition) is 1.